The van der Waals surface area contributed by atoms with E-state index < -0.39 is 10.1 Å². The van der Waals surface area contributed by atoms with Gasteiger partial charge in [-0.15, -0.1) is 0 Å². The summed E-state index contributed by atoms with van der Waals surface area (Å²) in [5.74, 6) is 0. The molecule has 0 atom stereocenters. The first-order valence-electron chi connectivity index (χ1n) is 6.08. The molecular formula is C15H18O4S. The molecule has 0 aliphatic heterocycles. The van der Waals surface area contributed by atoms with E-state index in [-0.39, 0.29) is 6.61 Å². The van der Waals surface area contributed by atoms with Gasteiger partial charge in [0.15, 0.2) is 0 Å². The number of rotatable bonds is 3. The molecule has 4 nitrogen and oxygen atoms in total. The number of aliphatic hydroxyl groups excluding tert-OH is 1. The van der Waals surface area contributed by atoms with Crippen LogP contribution in [0.2, 0.25) is 0 Å². The highest BCUT2D eigenvalue weighted by Crippen LogP contribution is 2.23. The van der Waals surface area contributed by atoms with Crippen LogP contribution in [-0.2, 0) is 16.5 Å². The number of hydrogen-bond donors (Lipinski definition) is 2. The Kier molecular flexibility index (Phi) is 6.38. The Hall–Kier alpha value is -1.69. The van der Waals surface area contributed by atoms with Crippen LogP contribution in [0.15, 0.2) is 54.6 Å². The van der Waals surface area contributed by atoms with Crippen LogP contribution in [0.5, 0.6) is 0 Å². The van der Waals surface area contributed by atoms with Gasteiger partial charge in [0.05, 0.1) is 6.26 Å². The average molecular weight is 294 g/mol. The highest BCUT2D eigenvalue weighted by atomic mass is 32.2. The third-order valence-electron chi connectivity index (χ3n) is 2.48. The molecule has 2 N–H and O–H groups in total. The lowest BCUT2D eigenvalue weighted by Gasteiger charge is -2.07. The van der Waals surface area contributed by atoms with E-state index in [1.165, 1.54) is 16.7 Å². The molecular weight excluding hydrogens is 276 g/mol. The fraction of sp³-hybridized carbons (Fsp3) is 0.200. The zero-order valence-corrected chi connectivity index (χ0v) is 12.0. The first-order valence-corrected chi connectivity index (χ1v) is 7.93. The highest BCUT2D eigenvalue weighted by molar-refractivity contribution is 7.85. The Morgan fingerprint density at radius 2 is 1.45 bits per heavy atom. The third-order valence-corrected chi connectivity index (χ3v) is 2.48. The minimum Gasteiger partial charge on any atom is -0.396 e. The summed E-state index contributed by atoms with van der Waals surface area (Å²) in [5, 5.41) is 8.99. The second-order valence-corrected chi connectivity index (χ2v) is 5.70. The summed E-state index contributed by atoms with van der Waals surface area (Å²) in [6.45, 7) is 0.198. The monoisotopic (exact) mass is 294 g/mol. The predicted molar refractivity (Wildman–Crippen MR) is 80.1 cm³/mol. The van der Waals surface area contributed by atoms with Crippen molar-refractivity contribution in [2.24, 2.45) is 0 Å². The molecule has 0 aromatic heterocycles. The second-order valence-electron chi connectivity index (χ2n) is 4.23. The van der Waals surface area contributed by atoms with E-state index in [0.29, 0.717) is 12.7 Å². The highest BCUT2D eigenvalue weighted by Gasteiger charge is 2.02. The Labute approximate surface area is 119 Å². The maximum atomic E-state index is 9.19. The molecule has 0 fully saturated rings. The van der Waals surface area contributed by atoms with Gasteiger partial charge in [-0.2, -0.15) is 8.42 Å². The third kappa shape index (κ3) is 6.47. The van der Waals surface area contributed by atoms with Crippen LogP contribution in [0.1, 0.15) is 5.56 Å². The quantitative estimate of drug-likeness (QED) is 0.852. The maximum Gasteiger partial charge on any atom is 0.261 e. The van der Waals surface area contributed by atoms with Gasteiger partial charge in [-0.25, -0.2) is 0 Å². The smallest absolute Gasteiger partial charge is 0.261 e. The Morgan fingerprint density at radius 1 is 0.950 bits per heavy atom. The lowest BCUT2D eigenvalue weighted by Crippen LogP contribution is -1.93. The van der Waals surface area contributed by atoms with Crippen molar-refractivity contribution in [1.29, 1.82) is 0 Å². The number of hydrogen-bond acceptors (Lipinski definition) is 3. The van der Waals surface area contributed by atoms with Crippen molar-refractivity contribution in [3.63, 3.8) is 0 Å². The van der Waals surface area contributed by atoms with Gasteiger partial charge in [0.1, 0.15) is 0 Å². The number of aliphatic hydroxyl groups is 1. The zero-order chi connectivity index (χ0) is 15.0. The fourth-order valence-corrected chi connectivity index (χ4v) is 1.76. The van der Waals surface area contributed by atoms with E-state index in [4.69, 9.17) is 9.66 Å². The van der Waals surface area contributed by atoms with Gasteiger partial charge >= 0.3 is 0 Å². The van der Waals surface area contributed by atoms with Crippen molar-refractivity contribution in [1.82, 2.24) is 0 Å². The molecule has 0 spiro atoms. The van der Waals surface area contributed by atoms with Crippen molar-refractivity contribution in [2.45, 2.75) is 6.42 Å². The summed E-state index contributed by atoms with van der Waals surface area (Å²) in [6, 6.07) is 18.5. The normalized spacial score (nSPS) is 10.6. The summed E-state index contributed by atoms with van der Waals surface area (Å²) in [7, 11) is -3.67. The van der Waals surface area contributed by atoms with Crippen LogP contribution in [0.25, 0.3) is 11.1 Å². The van der Waals surface area contributed by atoms with Crippen molar-refractivity contribution in [3.05, 3.63) is 60.2 Å². The molecule has 5 heteroatoms. The number of benzene rings is 2. The van der Waals surface area contributed by atoms with Gasteiger partial charge in [0, 0.05) is 6.61 Å². The van der Waals surface area contributed by atoms with E-state index >= 15 is 0 Å². The van der Waals surface area contributed by atoms with Crippen molar-refractivity contribution in [3.8, 4) is 11.1 Å². The van der Waals surface area contributed by atoms with Gasteiger partial charge in [0.25, 0.3) is 10.1 Å². The van der Waals surface area contributed by atoms with Crippen molar-refractivity contribution in [2.75, 3.05) is 12.9 Å². The first-order chi connectivity index (χ1) is 9.42. The molecule has 2 aromatic rings. The van der Waals surface area contributed by atoms with Crippen LogP contribution in [0.3, 0.4) is 0 Å². The molecule has 0 heterocycles. The van der Waals surface area contributed by atoms with Crippen LogP contribution >= 0.6 is 0 Å². The first kappa shape index (κ1) is 16.4. The molecule has 0 bridgehead atoms. The summed E-state index contributed by atoms with van der Waals surface area (Å²) < 4.78 is 25.9. The summed E-state index contributed by atoms with van der Waals surface area (Å²) in [4.78, 5) is 0. The second kappa shape index (κ2) is 7.79. The van der Waals surface area contributed by atoms with Crippen LogP contribution in [0, 0.1) is 0 Å². The molecule has 0 amide bonds. The van der Waals surface area contributed by atoms with Crippen LogP contribution < -0.4 is 0 Å². The van der Waals surface area contributed by atoms with Gasteiger partial charge in [-0.05, 0) is 23.1 Å². The van der Waals surface area contributed by atoms with Gasteiger partial charge in [-0.3, -0.25) is 4.55 Å². The maximum absolute atomic E-state index is 9.19. The average Bonchev–Trinajstić information content (AvgIpc) is 2.39. The lowest BCUT2D eigenvalue weighted by atomic mass is 9.98. The van der Waals surface area contributed by atoms with Gasteiger partial charge in [0.2, 0.25) is 0 Å². The van der Waals surface area contributed by atoms with E-state index in [9.17, 15) is 8.42 Å². The molecule has 0 aliphatic rings. The Balaban J connectivity index is 0.000000347. The minimum atomic E-state index is -3.67. The van der Waals surface area contributed by atoms with E-state index in [1.807, 2.05) is 30.3 Å². The topological polar surface area (TPSA) is 74.6 Å². The summed E-state index contributed by atoms with van der Waals surface area (Å²) >= 11 is 0. The predicted octanol–water partition coefficient (Wildman–Crippen LogP) is 2.39. The Bertz CT molecular complexity index is 613. The minimum absolute atomic E-state index is 0.198. The fourth-order valence-electron chi connectivity index (χ4n) is 1.76. The molecule has 2 rings (SSSR count). The largest absolute Gasteiger partial charge is 0.396 e. The molecule has 0 saturated carbocycles. The molecule has 20 heavy (non-hydrogen) atoms. The summed E-state index contributed by atoms with van der Waals surface area (Å²) in [6.07, 6.45) is 1.43. The van der Waals surface area contributed by atoms with E-state index in [2.05, 4.69) is 24.3 Å². The van der Waals surface area contributed by atoms with Gasteiger partial charge < -0.3 is 5.11 Å². The standard InChI is InChI=1S/C14H14O.CH4O3S/c15-11-10-13-8-4-5-9-14(13)12-6-2-1-3-7-12;1-5(2,3)4/h1-9,15H,10-11H2;1H3,(H,2,3,4). The molecule has 108 valence electrons. The molecule has 0 aliphatic carbocycles. The molecule has 0 radical (unpaired) electrons. The Morgan fingerprint density at radius 3 is 2.00 bits per heavy atom. The molecule has 2 aromatic carbocycles. The SMILES string of the molecule is CS(=O)(=O)O.OCCc1ccccc1-c1ccccc1. The summed E-state index contributed by atoms with van der Waals surface area (Å²) in [5.41, 5.74) is 3.62. The van der Waals surface area contributed by atoms with Gasteiger partial charge in [-0.1, -0.05) is 54.6 Å². The zero-order valence-electron chi connectivity index (χ0n) is 11.2. The van der Waals surface area contributed by atoms with Crippen molar-refractivity contribution < 1.29 is 18.1 Å². The van der Waals surface area contributed by atoms with Crippen molar-refractivity contribution >= 4 is 10.1 Å². The molecule has 0 unspecified atom stereocenters. The van der Waals surface area contributed by atoms with Crippen LogP contribution in [-0.4, -0.2) is 30.9 Å². The lowest BCUT2D eigenvalue weighted by molar-refractivity contribution is 0.300. The molecule has 0 saturated heterocycles. The van der Waals surface area contributed by atoms with E-state index in [1.54, 1.807) is 0 Å². The van der Waals surface area contributed by atoms with Crippen LogP contribution in [0.4, 0.5) is 0 Å². The van der Waals surface area contributed by atoms with E-state index in [0.717, 1.165) is 0 Å².